The Morgan fingerprint density at radius 2 is 2.67 bits per heavy atom. The van der Waals surface area contributed by atoms with Crippen LogP contribution >= 0.6 is 0 Å². The summed E-state index contributed by atoms with van der Waals surface area (Å²) in [7, 11) is 1.52. The van der Waals surface area contributed by atoms with Gasteiger partial charge in [0.2, 0.25) is 6.29 Å². The molecular formula is C6H10O3. The molecule has 0 bridgehead atoms. The lowest BCUT2D eigenvalue weighted by molar-refractivity contribution is -0.105. The first-order valence-electron chi connectivity index (χ1n) is 2.88. The highest BCUT2D eigenvalue weighted by atomic mass is 16.6. The van der Waals surface area contributed by atoms with Gasteiger partial charge in [-0.05, 0) is 12.5 Å². The van der Waals surface area contributed by atoms with E-state index < -0.39 is 6.29 Å². The van der Waals surface area contributed by atoms with Crippen LogP contribution in [0.15, 0.2) is 11.8 Å². The second kappa shape index (κ2) is 2.85. The zero-order valence-corrected chi connectivity index (χ0v) is 5.33. The van der Waals surface area contributed by atoms with Gasteiger partial charge in [0, 0.05) is 0 Å². The Hall–Kier alpha value is -0.540. The molecule has 0 saturated heterocycles. The van der Waals surface area contributed by atoms with E-state index in [2.05, 4.69) is 0 Å². The average molecular weight is 130 g/mol. The molecule has 3 nitrogen and oxygen atoms in total. The maximum absolute atomic E-state index is 8.95. The van der Waals surface area contributed by atoms with Crippen LogP contribution in [0, 0.1) is 0 Å². The van der Waals surface area contributed by atoms with Crippen LogP contribution in [0.5, 0.6) is 0 Å². The van der Waals surface area contributed by atoms with Crippen molar-refractivity contribution in [3.8, 4) is 0 Å². The largest absolute Gasteiger partial charge is 0.496 e. The SMILES string of the molecule is COC1=CCCOC1O. The van der Waals surface area contributed by atoms with Crippen molar-refractivity contribution in [2.75, 3.05) is 13.7 Å². The Morgan fingerprint density at radius 1 is 1.89 bits per heavy atom. The smallest absolute Gasteiger partial charge is 0.213 e. The van der Waals surface area contributed by atoms with Crippen LogP contribution in [0.1, 0.15) is 6.42 Å². The Bertz CT molecular complexity index is 119. The summed E-state index contributed by atoms with van der Waals surface area (Å²) in [5.41, 5.74) is 0. The minimum atomic E-state index is -0.844. The van der Waals surface area contributed by atoms with E-state index >= 15 is 0 Å². The molecular weight excluding hydrogens is 120 g/mol. The molecule has 0 aromatic heterocycles. The van der Waals surface area contributed by atoms with Crippen LogP contribution in [-0.4, -0.2) is 25.1 Å². The molecule has 0 fully saturated rings. The standard InChI is InChI=1S/C6H10O3/c1-8-5-3-2-4-9-6(5)7/h3,6-7H,2,4H2,1H3. The molecule has 0 spiro atoms. The first-order valence-corrected chi connectivity index (χ1v) is 2.88. The fourth-order valence-electron chi connectivity index (χ4n) is 0.748. The molecule has 1 heterocycles. The molecule has 1 rings (SSSR count). The van der Waals surface area contributed by atoms with Gasteiger partial charge in [0.15, 0.2) is 0 Å². The number of methoxy groups -OCH3 is 1. The molecule has 0 aromatic rings. The van der Waals surface area contributed by atoms with Gasteiger partial charge in [-0.25, -0.2) is 0 Å². The topological polar surface area (TPSA) is 38.7 Å². The molecule has 0 amide bonds. The van der Waals surface area contributed by atoms with Crippen molar-refractivity contribution in [1.82, 2.24) is 0 Å². The predicted octanol–water partition coefficient (Wildman–Crippen LogP) is 0.255. The Labute approximate surface area is 53.9 Å². The zero-order chi connectivity index (χ0) is 6.69. The quantitative estimate of drug-likeness (QED) is 0.553. The molecule has 0 aromatic carbocycles. The summed E-state index contributed by atoms with van der Waals surface area (Å²) in [6.45, 7) is 0.577. The molecule has 0 aliphatic carbocycles. The molecule has 52 valence electrons. The lowest BCUT2D eigenvalue weighted by Gasteiger charge is -2.17. The van der Waals surface area contributed by atoms with E-state index in [0.29, 0.717) is 12.4 Å². The number of hydrogen-bond acceptors (Lipinski definition) is 3. The van der Waals surface area contributed by atoms with Crippen molar-refractivity contribution in [3.05, 3.63) is 11.8 Å². The number of ether oxygens (including phenoxy) is 2. The fourth-order valence-corrected chi connectivity index (χ4v) is 0.748. The Kier molecular flexibility index (Phi) is 2.08. The van der Waals surface area contributed by atoms with E-state index in [9.17, 15) is 0 Å². The van der Waals surface area contributed by atoms with Gasteiger partial charge in [-0.15, -0.1) is 0 Å². The highest BCUT2D eigenvalue weighted by Crippen LogP contribution is 2.11. The number of rotatable bonds is 1. The minimum absolute atomic E-state index is 0.515. The second-order valence-corrected chi connectivity index (χ2v) is 1.82. The molecule has 1 atom stereocenters. The van der Waals surface area contributed by atoms with Gasteiger partial charge >= 0.3 is 0 Å². The fraction of sp³-hybridized carbons (Fsp3) is 0.667. The average Bonchev–Trinajstić information content (AvgIpc) is 1.89. The summed E-state index contributed by atoms with van der Waals surface area (Å²) in [5, 5.41) is 8.95. The van der Waals surface area contributed by atoms with Crippen LogP contribution in [0.2, 0.25) is 0 Å². The third kappa shape index (κ3) is 1.43. The normalized spacial score (nSPS) is 27.3. The number of aliphatic hydroxyl groups is 1. The molecule has 3 heteroatoms. The molecule has 1 N–H and O–H groups in total. The van der Waals surface area contributed by atoms with Crippen molar-refractivity contribution in [2.45, 2.75) is 12.7 Å². The maximum atomic E-state index is 8.95. The van der Waals surface area contributed by atoms with Gasteiger partial charge in [-0.1, -0.05) is 0 Å². The molecule has 0 saturated carbocycles. The third-order valence-electron chi connectivity index (χ3n) is 1.22. The Morgan fingerprint density at radius 3 is 3.11 bits per heavy atom. The van der Waals surface area contributed by atoms with E-state index in [0.717, 1.165) is 6.42 Å². The van der Waals surface area contributed by atoms with E-state index in [-0.39, 0.29) is 0 Å². The van der Waals surface area contributed by atoms with Crippen molar-refractivity contribution in [1.29, 1.82) is 0 Å². The lowest BCUT2D eigenvalue weighted by atomic mass is 10.3. The van der Waals surface area contributed by atoms with Gasteiger partial charge in [0.1, 0.15) is 5.76 Å². The summed E-state index contributed by atoms with van der Waals surface area (Å²) in [5.74, 6) is 0.515. The van der Waals surface area contributed by atoms with Crippen molar-refractivity contribution < 1.29 is 14.6 Å². The van der Waals surface area contributed by atoms with Gasteiger partial charge in [-0.2, -0.15) is 0 Å². The molecule has 0 radical (unpaired) electrons. The molecule has 1 aliphatic rings. The van der Waals surface area contributed by atoms with Gasteiger partial charge in [0.25, 0.3) is 0 Å². The van der Waals surface area contributed by atoms with Crippen molar-refractivity contribution in [2.24, 2.45) is 0 Å². The van der Waals surface area contributed by atoms with Crippen LogP contribution in [0.4, 0.5) is 0 Å². The summed E-state index contributed by atoms with van der Waals surface area (Å²) >= 11 is 0. The zero-order valence-electron chi connectivity index (χ0n) is 5.33. The van der Waals surface area contributed by atoms with E-state index in [4.69, 9.17) is 14.6 Å². The lowest BCUT2D eigenvalue weighted by Crippen LogP contribution is -2.20. The first-order chi connectivity index (χ1) is 4.34. The van der Waals surface area contributed by atoms with Gasteiger partial charge in [-0.3, -0.25) is 0 Å². The van der Waals surface area contributed by atoms with Crippen LogP contribution in [0.25, 0.3) is 0 Å². The van der Waals surface area contributed by atoms with E-state index in [1.165, 1.54) is 7.11 Å². The number of aliphatic hydroxyl groups excluding tert-OH is 1. The Balaban J connectivity index is 2.53. The van der Waals surface area contributed by atoms with Crippen molar-refractivity contribution >= 4 is 0 Å². The van der Waals surface area contributed by atoms with Gasteiger partial charge in [0.05, 0.1) is 13.7 Å². The highest BCUT2D eigenvalue weighted by molar-refractivity contribution is 4.98. The first kappa shape index (κ1) is 6.58. The predicted molar refractivity (Wildman–Crippen MR) is 31.7 cm³/mol. The molecule has 1 unspecified atom stereocenters. The van der Waals surface area contributed by atoms with Crippen LogP contribution in [0.3, 0.4) is 0 Å². The van der Waals surface area contributed by atoms with Crippen LogP contribution < -0.4 is 0 Å². The summed E-state index contributed by atoms with van der Waals surface area (Å²) in [4.78, 5) is 0. The number of hydrogen-bond donors (Lipinski definition) is 1. The van der Waals surface area contributed by atoms with Crippen molar-refractivity contribution in [3.63, 3.8) is 0 Å². The maximum Gasteiger partial charge on any atom is 0.213 e. The van der Waals surface area contributed by atoms with Gasteiger partial charge < -0.3 is 14.6 Å². The monoisotopic (exact) mass is 130 g/mol. The molecule has 1 aliphatic heterocycles. The summed E-state index contributed by atoms with van der Waals surface area (Å²) in [6, 6.07) is 0. The van der Waals surface area contributed by atoms with Crippen LogP contribution in [-0.2, 0) is 9.47 Å². The summed E-state index contributed by atoms with van der Waals surface area (Å²) < 4.78 is 9.63. The molecule has 9 heavy (non-hydrogen) atoms. The van der Waals surface area contributed by atoms with E-state index in [1.807, 2.05) is 6.08 Å². The third-order valence-corrected chi connectivity index (χ3v) is 1.22. The summed E-state index contributed by atoms with van der Waals surface area (Å²) in [6.07, 6.45) is 1.80. The van der Waals surface area contributed by atoms with E-state index in [1.54, 1.807) is 0 Å². The second-order valence-electron chi connectivity index (χ2n) is 1.82. The minimum Gasteiger partial charge on any atom is -0.496 e. The highest BCUT2D eigenvalue weighted by Gasteiger charge is 2.14.